The van der Waals surface area contributed by atoms with Crippen molar-refractivity contribution in [3.8, 4) is 21.8 Å². The third-order valence-corrected chi connectivity index (χ3v) is 7.17. The molecule has 0 radical (unpaired) electrons. The summed E-state index contributed by atoms with van der Waals surface area (Å²) in [5, 5.41) is 10.7. The maximum absolute atomic E-state index is 13.3. The first-order valence-electron chi connectivity index (χ1n) is 10.4. The van der Waals surface area contributed by atoms with Crippen LogP contribution < -0.4 is 5.32 Å². The number of rotatable bonds is 4. The molecule has 0 aliphatic rings. The quantitative estimate of drug-likeness (QED) is 0.295. The average molecular weight is 464 g/mol. The highest BCUT2D eigenvalue weighted by atomic mass is 32.1. The van der Waals surface area contributed by atoms with Crippen molar-refractivity contribution in [2.24, 2.45) is 0 Å². The summed E-state index contributed by atoms with van der Waals surface area (Å²) < 4.78 is 0. The van der Waals surface area contributed by atoms with E-state index in [1.165, 1.54) is 11.3 Å². The van der Waals surface area contributed by atoms with Crippen LogP contribution in [-0.4, -0.2) is 15.9 Å². The number of benzene rings is 3. The van der Waals surface area contributed by atoms with E-state index < -0.39 is 0 Å². The first kappa shape index (κ1) is 19.8. The van der Waals surface area contributed by atoms with E-state index in [2.05, 4.69) is 29.6 Å². The summed E-state index contributed by atoms with van der Waals surface area (Å²) in [5.41, 5.74) is 4.09. The number of anilines is 1. The number of carbonyl (C=O) groups is 1. The second kappa shape index (κ2) is 8.24. The van der Waals surface area contributed by atoms with E-state index in [0.29, 0.717) is 10.7 Å². The lowest BCUT2D eigenvalue weighted by Crippen LogP contribution is -2.13. The van der Waals surface area contributed by atoms with Gasteiger partial charge < -0.3 is 0 Å². The standard InChI is InChI=1S/C27H17N3OS2/c31-26(21-15-23(25-13-6-14-32-25)28-22-12-4-3-10-20(21)22)30-27-29-24(16-33-27)19-11-5-8-17-7-1-2-9-18(17)19/h1-16H,(H,29,30,31). The van der Waals surface area contributed by atoms with Crippen molar-refractivity contribution in [2.45, 2.75) is 0 Å². The van der Waals surface area contributed by atoms with Gasteiger partial charge in [0.25, 0.3) is 5.91 Å². The van der Waals surface area contributed by atoms with Crippen LogP contribution in [0.3, 0.4) is 0 Å². The molecule has 0 aliphatic heterocycles. The van der Waals surface area contributed by atoms with Gasteiger partial charge in [-0.05, 0) is 34.4 Å². The first-order chi connectivity index (χ1) is 16.3. The number of aromatic nitrogens is 2. The molecule has 3 aromatic heterocycles. The van der Waals surface area contributed by atoms with Gasteiger partial charge in [0.1, 0.15) is 0 Å². The topological polar surface area (TPSA) is 54.9 Å². The van der Waals surface area contributed by atoms with Gasteiger partial charge in [0.05, 0.1) is 27.3 Å². The molecule has 0 atom stereocenters. The maximum atomic E-state index is 13.3. The number of para-hydroxylation sites is 1. The van der Waals surface area contributed by atoms with Crippen LogP contribution in [0.1, 0.15) is 10.4 Å². The smallest absolute Gasteiger partial charge is 0.258 e. The molecule has 3 aromatic carbocycles. The summed E-state index contributed by atoms with van der Waals surface area (Å²) in [5.74, 6) is -0.190. The van der Waals surface area contributed by atoms with E-state index in [1.54, 1.807) is 11.3 Å². The van der Waals surface area contributed by atoms with E-state index >= 15 is 0 Å². The molecule has 33 heavy (non-hydrogen) atoms. The Hall–Kier alpha value is -3.87. The van der Waals surface area contributed by atoms with Crippen LogP contribution >= 0.6 is 22.7 Å². The largest absolute Gasteiger partial charge is 0.298 e. The minimum Gasteiger partial charge on any atom is -0.298 e. The van der Waals surface area contributed by atoms with E-state index in [1.807, 2.05) is 71.4 Å². The van der Waals surface area contributed by atoms with Gasteiger partial charge in [-0.1, -0.05) is 66.7 Å². The number of nitrogens with zero attached hydrogens (tertiary/aromatic N) is 2. The third kappa shape index (κ3) is 3.69. The maximum Gasteiger partial charge on any atom is 0.258 e. The fraction of sp³-hybridized carbons (Fsp3) is 0. The minimum atomic E-state index is -0.190. The minimum absolute atomic E-state index is 0.190. The Kier molecular flexibility index (Phi) is 4.94. The van der Waals surface area contributed by atoms with Crippen molar-refractivity contribution in [3.63, 3.8) is 0 Å². The summed E-state index contributed by atoms with van der Waals surface area (Å²) in [6.45, 7) is 0. The number of thiazole rings is 1. The molecule has 3 heterocycles. The van der Waals surface area contributed by atoms with Crippen molar-refractivity contribution in [1.82, 2.24) is 9.97 Å². The van der Waals surface area contributed by atoms with E-state index in [0.717, 1.165) is 43.5 Å². The molecule has 0 saturated heterocycles. The van der Waals surface area contributed by atoms with Gasteiger partial charge in [-0.15, -0.1) is 22.7 Å². The van der Waals surface area contributed by atoms with Crippen molar-refractivity contribution in [2.75, 3.05) is 5.32 Å². The Morgan fingerprint density at radius 1 is 0.758 bits per heavy atom. The average Bonchev–Trinajstić information content (AvgIpc) is 3.56. The molecule has 0 fully saturated rings. The molecular formula is C27H17N3OS2. The highest BCUT2D eigenvalue weighted by molar-refractivity contribution is 7.14. The zero-order chi connectivity index (χ0) is 22.2. The van der Waals surface area contributed by atoms with Crippen LogP contribution in [0.2, 0.25) is 0 Å². The van der Waals surface area contributed by atoms with Crippen molar-refractivity contribution < 1.29 is 4.79 Å². The number of amides is 1. The van der Waals surface area contributed by atoms with Crippen LogP contribution in [0.25, 0.3) is 43.5 Å². The Bertz CT molecular complexity index is 1610. The fourth-order valence-electron chi connectivity index (χ4n) is 3.98. The molecule has 6 heteroatoms. The molecule has 4 nitrogen and oxygen atoms in total. The zero-order valence-electron chi connectivity index (χ0n) is 17.4. The molecule has 0 aliphatic carbocycles. The normalized spacial score (nSPS) is 11.2. The van der Waals surface area contributed by atoms with E-state index in [-0.39, 0.29) is 5.91 Å². The van der Waals surface area contributed by atoms with Crippen LogP contribution in [0.4, 0.5) is 5.13 Å². The Morgan fingerprint density at radius 3 is 2.45 bits per heavy atom. The highest BCUT2D eigenvalue weighted by Gasteiger charge is 2.16. The van der Waals surface area contributed by atoms with Gasteiger partial charge >= 0.3 is 0 Å². The number of nitrogens with one attached hydrogen (secondary N) is 1. The van der Waals surface area contributed by atoms with Crippen LogP contribution in [-0.2, 0) is 0 Å². The van der Waals surface area contributed by atoms with E-state index in [4.69, 9.17) is 9.97 Å². The number of hydrogen-bond acceptors (Lipinski definition) is 5. The molecule has 6 rings (SSSR count). The summed E-state index contributed by atoms with van der Waals surface area (Å²) in [7, 11) is 0. The lowest BCUT2D eigenvalue weighted by Gasteiger charge is -2.08. The lowest BCUT2D eigenvalue weighted by molar-refractivity contribution is 0.102. The Balaban J connectivity index is 1.36. The van der Waals surface area contributed by atoms with E-state index in [9.17, 15) is 4.79 Å². The first-order valence-corrected chi connectivity index (χ1v) is 12.2. The van der Waals surface area contributed by atoms with Gasteiger partial charge in [0.15, 0.2) is 5.13 Å². The molecular weight excluding hydrogens is 446 g/mol. The highest BCUT2D eigenvalue weighted by Crippen LogP contribution is 2.32. The number of thiophene rings is 1. The summed E-state index contributed by atoms with van der Waals surface area (Å²) in [6, 6.07) is 28.0. The second-order valence-electron chi connectivity index (χ2n) is 7.57. The lowest BCUT2D eigenvalue weighted by atomic mass is 10.0. The fourth-order valence-corrected chi connectivity index (χ4v) is 5.37. The van der Waals surface area contributed by atoms with Gasteiger partial charge in [-0.3, -0.25) is 10.1 Å². The van der Waals surface area contributed by atoms with Gasteiger partial charge in [-0.25, -0.2) is 9.97 Å². The molecule has 0 spiro atoms. The molecule has 0 unspecified atom stereocenters. The number of fused-ring (bicyclic) bond motifs is 2. The summed E-state index contributed by atoms with van der Waals surface area (Å²) in [6.07, 6.45) is 0. The van der Waals surface area contributed by atoms with Crippen LogP contribution in [0, 0.1) is 0 Å². The zero-order valence-corrected chi connectivity index (χ0v) is 19.0. The van der Waals surface area contributed by atoms with Gasteiger partial charge in [0, 0.05) is 16.3 Å². The Labute approximate surface area is 198 Å². The molecule has 6 aromatic rings. The van der Waals surface area contributed by atoms with Gasteiger partial charge in [0.2, 0.25) is 0 Å². The number of pyridine rings is 1. The molecule has 0 bridgehead atoms. The summed E-state index contributed by atoms with van der Waals surface area (Å²) >= 11 is 3.03. The van der Waals surface area contributed by atoms with Crippen molar-refractivity contribution >= 4 is 55.4 Å². The molecule has 158 valence electrons. The second-order valence-corrected chi connectivity index (χ2v) is 9.37. The Morgan fingerprint density at radius 2 is 1.58 bits per heavy atom. The van der Waals surface area contributed by atoms with Crippen LogP contribution in [0.5, 0.6) is 0 Å². The SMILES string of the molecule is O=C(Nc1nc(-c2cccc3ccccc23)cs1)c1cc(-c2cccs2)nc2ccccc12. The number of hydrogen-bond donors (Lipinski definition) is 1. The number of carbonyl (C=O) groups excluding carboxylic acids is 1. The molecule has 1 amide bonds. The predicted molar refractivity (Wildman–Crippen MR) is 138 cm³/mol. The predicted octanol–water partition coefficient (Wildman–Crippen LogP) is 7.49. The molecule has 1 N–H and O–H groups in total. The third-order valence-electron chi connectivity index (χ3n) is 5.52. The van der Waals surface area contributed by atoms with Gasteiger partial charge in [-0.2, -0.15) is 0 Å². The summed E-state index contributed by atoms with van der Waals surface area (Å²) in [4.78, 5) is 23.8. The monoisotopic (exact) mass is 463 g/mol. The van der Waals surface area contributed by atoms with Crippen molar-refractivity contribution in [3.05, 3.63) is 101 Å². The van der Waals surface area contributed by atoms with Crippen LogP contribution in [0.15, 0.2) is 95.7 Å². The van der Waals surface area contributed by atoms with Crippen molar-refractivity contribution in [1.29, 1.82) is 0 Å². The molecule has 0 saturated carbocycles.